The van der Waals surface area contributed by atoms with Crippen molar-refractivity contribution in [1.82, 2.24) is 34.3 Å². The summed E-state index contributed by atoms with van der Waals surface area (Å²) in [5, 5.41) is 9.11. The molecule has 1 atom stereocenters. The highest BCUT2D eigenvalue weighted by Crippen LogP contribution is 2.33. The molecule has 0 bridgehead atoms. The summed E-state index contributed by atoms with van der Waals surface area (Å²) < 4.78 is 11.3. The second-order valence-electron chi connectivity index (χ2n) is 44.4. The van der Waals surface area contributed by atoms with Crippen molar-refractivity contribution in [3.63, 3.8) is 0 Å². The van der Waals surface area contributed by atoms with Crippen molar-refractivity contribution in [3.05, 3.63) is 167 Å². The third-order valence-corrected chi connectivity index (χ3v) is 42.1. The average molecular weight is 2100 g/mol. The number of Topliss-reactive ketones (excluding diaryl/α,β-unsaturated/α-hetero) is 5. The SMILES string of the molecule is CC(C)(C)C(=O)C[S+]1CCCC1.CN1CCC(N2CCCC2)CC1.CN1CCC(N2CCCCC2)CC1.CN1CCC(N2CCCCC2)CC1.CN1CCC([N+](C)(C)C)CC1.COc1ccc(CC(N)C(=O)OC(C)(C)C)cc1.Cc1ccc(C(=O)C(C)(C)[S+]2CCCC2)cc1.O=C(C[S+]1CCCC1)c1ccc(O)cc1.O=C(C[S+]1CCCC1)c1ccccc1.O=C(C[S+]1CCCC1)c1ccccc1.[Br-]. The largest absolute Gasteiger partial charge is 1.00 e. The summed E-state index contributed by atoms with van der Waals surface area (Å²) in [5.41, 5.74) is 10.8. The van der Waals surface area contributed by atoms with Gasteiger partial charge in [0, 0.05) is 82.6 Å². The number of nitrogens with zero attached hydrogens (tertiary/aromatic N) is 8. The van der Waals surface area contributed by atoms with E-state index in [-0.39, 0.29) is 55.5 Å². The van der Waals surface area contributed by atoms with Crippen LogP contribution in [0.5, 0.6) is 11.5 Å². The number of hydrogen-bond donors (Lipinski definition) is 2. The third-order valence-electron chi connectivity index (χ3n) is 29.3. The van der Waals surface area contributed by atoms with Crippen molar-refractivity contribution in [1.29, 1.82) is 0 Å². The van der Waals surface area contributed by atoms with Crippen LogP contribution in [0.15, 0.2) is 133 Å². The molecule has 17 rings (SSSR count). The summed E-state index contributed by atoms with van der Waals surface area (Å²) >= 11 is 0. The number of esters is 1. The lowest BCUT2D eigenvalue weighted by Gasteiger charge is -2.39. The van der Waals surface area contributed by atoms with E-state index in [1.165, 1.54) is 322 Å². The lowest BCUT2D eigenvalue weighted by Crippen LogP contribution is -3.00. The quantitative estimate of drug-likeness (QED) is 0.0288. The minimum Gasteiger partial charge on any atom is -1.00 e. The topological polar surface area (TPSA) is 190 Å². The van der Waals surface area contributed by atoms with E-state index in [9.17, 15) is 28.8 Å². The number of halogens is 1. The van der Waals surface area contributed by atoms with Gasteiger partial charge in [-0.3, -0.25) is 28.8 Å². The molecular weight excluding hydrogens is 1900 g/mol. The van der Waals surface area contributed by atoms with Gasteiger partial charge in [0.1, 0.15) is 80.7 Å². The minimum absolute atomic E-state index is 0. The summed E-state index contributed by atoms with van der Waals surface area (Å²) in [5.74, 6) is 18.0. The number of phenols is 1. The van der Waals surface area contributed by atoms with E-state index in [2.05, 4.69) is 104 Å². The normalized spacial score (nSPS) is 20.6. The van der Waals surface area contributed by atoms with Gasteiger partial charge in [0.05, 0.1) is 34.3 Å². The predicted octanol–water partition coefficient (Wildman–Crippen LogP) is 15.9. The maximum absolute atomic E-state index is 12.6. The molecule has 5 aromatic rings. The zero-order valence-electron chi connectivity index (χ0n) is 90.3. The summed E-state index contributed by atoms with van der Waals surface area (Å²) in [7, 11) is 19.3. The first-order valence-corrected chi connectivity index (χ1v) is 62.1. The number of benzene rings is 5. The maximum atomic E-state index is 12.6. The smallest absolute Gasteiger partial charge is 0.323 e. The number of nitrogens with two attached hydrogens (primary N) is 1. The molecule has 1 unspecified atom stereocenters. The molecule has 24 heteroatoms. The van der Waals surface area contributed by atoms with Gasteiger partial charge in [0.15, 0.2) is 33.5 Å². The van der Waals surface area contributed by atoms with Crippen molar-refractivity contribution in [2.45, 2.75) is 276 Å². The van der Waals surface area contributed by atoms with Gasteiger partial charge in [-0.2, -0.15) is 0 Å². The second kappa shape index (κ2) is 65.3. The van der Waals surface area contributed by atoms with E-state index in [1.54, 1.807) is 31.4 Å². The van der Waals surface area contributed by atoms with Crippen LogP contribution in [0.2, 0.25) is 0 Å². The van der Waals surface area contributed by atoms with Crippen LogP contribution in [0, 0.1) is 12.3 Å². The van der Waals surface area contributed by atoms with Gasteiger partial charge in [-0.05, 0) is 381 Å². The van der Waals surface area contributed by atoms with Crippen LogP contribution in [-0.2, 0) is 75.2 Å². The van der Waals surface area contributed by atoms with Gasteiger partial charge in [-0.1, -0.05) is 136 Å². The zero-order valence-corrected chi connectivity index (χ0v) is 95.9. The first-order chi connectivity index (χ1) is 66.4. The van der Waals surface area contributed by atoms with Crippen molar-refractivity contribution in [2.75, 3.05) is 229 Å². The van der Waals surface area contributed by atoms with Crippen LogP contribution in [-0.4, -0.2) is 348 Å². The highest BCUT2D eigenvalue weighted by Gasteiger charge is 2.47. The van der Waals surface area contributed by atoms with Crippen LogP contribution in [0.4, 0.5) is 0 Å². The summed E-state index contributed by atoms with van der Waals surface area (Å²) in [6.07, 6.45) is 36.3. The molecule has 0 aliphatic carbocycles. The number of likely N-dealkylation sites (tertiary alicyclic amines) is 7. The molecule has 0 saturated carbocycles. The highest BCUT2D eigenvalue weighted by molar-refractivity contribution is 7.99. The highest BCUT2D eigenvalue weighted by atomic mass is 79.9. The van der Waals surface area contributed by atoms with Gasteiger partial charge < -0.3 is 76.1 Å². The maximum Gasteiger partial charge on any atom is 0.323 e. The number of piperidine rings is 6. The number of aromatic hydroxyl groups is 1. The monoisotopic (exact) mass is 2090 g/mol. The molecule has 12 saturated heterocycles. The minimum atomic E-state index is -0.641. The fraction of sp³-hybridized carbons (Fsp3) is 0.690. The Morgan fingerprint density at radius 1 is 0.393 bits per heavy atom. The van der Waals surface area contributed by atoms with E-state index in [1.807, 2.05) is 151 Å². The number of phenolic OH excluding ortho intramolecular Hbond substituents is 1. The number of methoxy groups -OCH3 is 1. The molecule has 0 aromatic heterocycles. The number of rotatable bonds is 22. The van der Waals surface area contributed by atoms with E-state index in [0.717, 1.165) is 79.5 Å². The zero-order chi connectivity index (χ0) is 101. The average Bonchev–Trinajstić information content (AvgIpc) is 1.67. The molecule has 12 fully saturated rings. The summed E-state index contributed by atoms with van der Waals surface area (Å²) in [6.45, 7) is 36.5. The number of carbonyl (C=O) groups excluding carboxylic acids is 6. The van der Waals surface area contributed by atoms with Crippen molar-refractivity contribution < 1.29 is 64.8 Å². The Hall–Kier alpha value is -4.61. The third kappa shape index (κ3) is 47.3. The van der Waals surface area contributed by atoms with Crippen molar-refractivity contribution >= 4 is 89.4 Å². The van der Waals surface area contributed by atoms with Crippen LogP contribution >= 0.6 is 0 Å². The molecule has 0 amide bonds. The molecule has 12 aliphatic rings. The van der Waals surface area contributed by atoms with Gasteiger partial charge in [0.2, 0.25) is 23.1 Å². The van der Waals surface area contributed by atoms with Crippen LogP contribution in [0.1, 0.15) is 275 Å². The Balaban J connectivity index is 0.000000212. The first-order valence-electron chi connectivity index (χ1n) is 53.7. The van der Waals surface area contributed by atoms with Gasteiger partial charge in [-0.15, -0.1) is 0 Å². The molecule has 12 heterocycles. The van der Waals surface area contributed by atoms with Crippen LogP contribution < -0.4 is 27.5 Å². The molecule has 140 heavy (non-hydrogen) atoms. The summed E-state index contributed by atoms with van der Waals surface area (Å²) in [6, 6.07) is 44.3. The second-order valence-corrected chi connectivity index (χ2v) is 56.5. The fourth-order valence-corrected chi connectivity index (χ4v) is 31.9. The van der Waals surface area contributed by atoms with E-state index in [4.69, 9.17) is 20.3 Å². The first kappa shape index (κ1) is 122. The molecule has 5 aromatic carbocycles. The number of ketones is 5. The lowest BCUT2D eigenvalue weighted by atomic mass is 9.92. The van der Waals surface area contributed by atoms with E-state index in [0.29, 0.717) is 78.9 Å². The number of hydrogen-bond acceptors (Lipinski definition) is 17. The molecule has 786 valence electrons. The summed E-state index contributed by atoms with van der Waals surface area (Å²) in [4.78, 5) is 89.3. The number of quaternary nitrogens is 1. The van der Waals surface area contributed by atoms with E-state index >= 15 is 0 Å². The van der Waals surface area contributed by atoms with Crippen molar-refractivity contribution in [3.8, 4) is 11.5 Å². The van der Waals surface area contributed by atoms with Crippen LogP contribution in [0.3, 0.4) is 0 Å². The molecule has 0 radical (unpaired) electrons. The Kier molecular flexibility index (Phi) is 57.0. The molecule has 0 spiro atoms. The van der Waals surface area contributed by atoms with Crippen molar-refractivity contribution in [2.24, 2.45) is 11.1 Å². The molecular formula is C116H191BrN9O9S5+5. The lowest BCUT2D eigenvalue weighted by molar-refractivity contribution is -0.897. The molecule has 3 N–H and O–H groups in total. The number of aryl methyl sites for hydroxylation is 1. The number of carbonyl (C=O) groups is 6. The standard InChI is InChI=1S/C15H21OS.C14H21NO3.C12H14O2S.2C12H15OS.2C11H22N2.C10H20N2.C10H19OS.C9H21N2.BrH/c1-12-6-8-13(9-7-12)14(16)15(2,3)17-10-4-5-11-17;1-14(2,3)18-13(16)12(15)9-10-5-7-11(17-4)8-6-10;13-11-5-3-10(4-6-11)12(14)9-15-7-1-2-8-15;2*13-12(10-14-8-4-5-9-14)11-6-2-1-3-7-11;2*1-12-9-5-11(6-10-12)13-7-3-2-4-8-13;1-11-8-4-10(5-9-11)12-6-2-3-7-12;1-10(2,3)9(11)8-12-6-4-5-7-12;1-10-7-5-9(6-8-10)11(2,3)4;/h6-9H,4-5,10-11H2,1-3H3;5-8,12H,9,15H2,1-4H3;3-6H,1-2,7-9H2;2*1-3,6-7H,4-5,8-10H2;2*11H,2-10H2,1H3;10H,2-9H2,1H3;4-8H2,1-3H3;9H,5-8H2,1-4H3;1H/q+1;;;2*+1;;;;2*+1;. The number of ether oxygens (including phenoxy) is 2. The Labute approximate surface area is 876 Å². The van der Waals surface area contributed by atoms with Crippen LogP contribution in [0.25, 0.3) is 0 Å². The van der Waals surface area contributed by atoms with Gasteiger partial charge in [0.25, 0.3) is 0 Å². The molecule has 12 aliphatic heterocycles. The Bertz CT molecular complexity index is 4110. The predicted molar refractivity (Wildman–Crippen MR) is 601 cm³/mol. The van der Waals surface area contributed by atoms with Gasteiger partial charge >= 0.3 is 5.97 Å². The van der Waals surface area contributed by atoms with Gasteiger partial charge in [-0.25, -0.2) is 0 Å². The Morgan fingerprint density at radius 3 is 1.02 bits per heavy atom. The Morgan fingerprint density at radius 2 is 0.700 bits per heavy atom. The molecule has 18 nitrogen and oxygen atoms in total. The van der Waals surface area contributed by atoms with E-state index < -0.39 is 11.6 Å². The fourth-order valence-electron chi connectivity index (χ4n) is 19.9.